The van der Waals surface area contributed by atoms with Crippen molar-refractivity contribution in [2.24, 2.45) is 0 Å². The van der Waals surface area contributed by atoms with Crippen LogP contribution in [-0.4, -0.2) is 79.2 Å². The number of halogens is 1. The molecule has 10 nitrogen and oxygen atoms in total. The molecule has 1 aromatic heterocycles. The molecule has 3 aromatic rings. The molecular weight excluding hydrogens is 562 g/mol. The molecule has 0 radical (unpaired) electrons. The van der Waals surface area contributed by atoms with Crippen molar-refractivity contribution in [2.45, 2.75) is 32.0 Å². The van der Waals surface area contributed by atoms with Gasteiger partial charge in [0.25, 0.3) is 0 Å². The van der Waals surface area contributed by atoms with Crippen molar-refractivity contribution in [3.8, 4) is 17.2 Å². The first-order valence-corrected chi connectivity index (χ1v) is 14.3. The Kier molecular flexibility index (Phi) is 9.03. The first kappa shape index (κ1) is 29.5. The van der Waals surface area contributed by atoms with Gasteiger partial charge in [-0.3, -0.25) is 9.59 Å². The highest BCUT2D eigenvalue weighted by molar-refractivity contribution is 6.32. The number of methoxy groups -OCH3 is 2. The van der Waals surface area contributed by atoms with Gasteiger partial charge in [-0.2, -0.15) is 0 Å². The first-order valence-electron chi connectivity index (χ1n) is 13.9. The van der Waals surface area contributed by atoms with Crippen LogP contribution in [0.5, 0.6) is 11.5 Å². The Balaban J connectivity index is 1.37. The molecule has 0 saturated carbocycles. The van der Waals surface area contributed by atoms with Crippen LogP contribution < -0.4 is 9.47 Å². The van der Waals surface area contributed by atoms with Crippen LogP contribution in [0.4, 0.5) is 0 Å². The molecule has 0 unspecified atom stereocenters. The summed E-state index contributed by atoms with van der Waals surface area (Å²) in [7, 11) is 3.18. The third-order valence-electron chi connectivity index (χ3n) is 7.65. The van der Waals surface area contributed by atoms with E-state index in [1.807, 2.05) is 54.7 Å². The molecule has 5 rings (SSSR count). The van der Waals surface area contributed by atoms with Crippen LogP contribution in [0, 0.1) is 0 Å². The Hall–Kier alpha value is -4.02. The lowest BCUT2D eigenvalue weighted by Gasteiger charge is -2.34. The highest BCUT2D eigenvalue weighted by Crippen LogP contribution is 2.46. The van der Waals surface area contributed by atoms with Gasteiger partial charge in [0, 0.05) is 54.9 Å². The Labute approximate surface area is 249 Å². The summed E-state index contributed by atoms with van der Waals surface area (Å²) in [5.74, 6) is -0.434. The number of aromatic nitrogens is 1. The second-order valence-electron chi connectivity index (χ2n) is 10.0. The molecule has 11 heteroatoms. The van der Waals surface area contributed by atoms with Crippen LogP contribution in [-0.2, 0) is 23.9 Å². The highest BCUT2D eigenvalue weighted by atomic mass is 35.5. The van der Waals surface area contributed by atoms with Crippen LogP contribution in [0.2, 0.25) is 5.02 Å². The van der Waals surface area contributed by atoms with Gasteiger partial charge in [-0.05, 0) is 49.7 Å². The van der Waals surface area contributed by atoms with Gasteiger partial charge in [0.15, 0.2) is 11.5 Å². The van der Waals surface area contributed by atoms with Gasteiger partial charge in [-0.1, -0.05) is 23.7 Å². The molecule has 2 aromatic carbocycles. The summed E-state index contributed by atoms with van der Waals surface area (Å²) in [4.78, 5) is 40.5. The van der Waals surface area contributed by atoms with Gasteiger partial charge in [-0.15, -0.1) is 0 Å². The van der Waals surface area contributed by atoms with Crippen LogP contribution in [0.1, 0.15) is 48.8 Å². The van der Waals surface area contributed by atoms with Crippen molar-refractivity contribution in [3.63, 3.8) is 0 Å². The van der Waals surface area contributed by atoms with Crippen LogP contribution in [0.3, 0.4) is 0 Å². The number of fused-ring (bicyclic) bond motifs is 3. The van der Waals surface area contributed by atoms with Gasteiger partial charge in [0.2, 0.25) is 5.91 Å². The van der Waals surface area contributed by atoms with Gasteiger partial charge < -0.3 is 33.3 Å². The van der Waals surface area contributed by atoms with Crippen molar-refractivity contribution in [3.05, 3.63) is 76.6 Å². The summed E-state index contributed by atoms with van der Waals surface area (Å²) in [6.07, 6.45) is 1.66. The number of benzene rings is 2. The average molecular weight is 596 g/mol. The van der Waals surface area contributed by atoms with Crippen LogP contribution in [0.15, 0.2) is 54.7 Å². The number of rotatable bonds is 7. The minimum absolute atomic E-state index is 0.0414. The Morgan fingerprint density at radius 3 is 2.43 bits per heavy atom. The monoisotopic (exact) mass is 595 g/mol. The first-order chi connectivity index (χ1) is 20.4. The zero-order chi connectivity index (χ0) is 29.8. The summed E-state index contributed by atoms with van der Waals surface area (Å²) >= 11 is 6.48. The third kappa shape index (κ3) is 5.82. The molecule has 0 aliphatic carbocycles. The molecule has 3 heterocycles. The SMILES string of the molecule is CCOC(=O)C(=O)N1CCN(C(=O)CC[C@H]2O[C@H](c3cccc(OC)c3OC)c3cc(Cl)ccc3-n3cccc32)CC1. The average Bonchev–Trinajstić information content (AvgIpc) is 3.45. The smallest absolute Gasteiger partial charge is 0.397 e. The van der Waals surface area contributed by atoms with Crippen molar-refractivity contribution in [1.82, 2.24) is 14.4 Å². The predicted molar refractivity (Wildman–Crippen MR) is 155 cm³/mol. The van der Waals surface area contributed by atoms with Gasteiger partial charge >= 0.3 is 11.9 Å². The van der Waals surface area contributed by atoms with E-state index in [0.717, 1.165) is 22.5 Å². The number of esters is 1. The molecule has 222 valence electrons. The van der Waals surface area contributed by atoms with E-state index in [1.165, 1.54) is 4.90 Å². The number of para-hydroxylation sites is 1. The van der Waals surface area contributed by atoms with Gasteiger partial charge in [0.1, 0.15) is 6.10 Å². The zero-order valence-electron chi connectivity index (χ0n) is 23.9. The van der Waals surface area contributed by atoms with E-state index in [0.29, 0.717) is 36.0 Å². The summed E-state index contributed by atoms with van der Waals surface area (Å²) < 4.78 is 25.1. The van der Waals surface area contributed by atoms with E-state index in [1.54, 1.807) is 26.0 Å². The zero-order valence-corrected chi connectivity index (χ0v) is 24.6. The van der Waals surface area contributed by atoms with E-state index in [-0.39, 0.29) is 32.0 Å². The van der Waals surface area contributed by atoms with E-state index in [9.17, 15) is 14.4 Å². The molecule has 1 saturated heterocycles. The van der Waals surface area contributed by atoms with Crippen molar-refractivity contribution >= 4 is 29.4 Å². The number of carbonyl (C=O) groups excluding carboxylic acids is 3. The van der Waals surface area contributed by atoms with Crippen LogP contribution in [0.25, 0.3) is 5.69 Å². The number of ether oxygens (including phenoxy) is 4. The number of amides is 2. The molecule has 2 atom stereocenters. The highest BCUT2D eigenvalue weighted by Gasteiger charge is 2.34. The maximum atomic E-state index is 13.3. The third-order valence-corrected chi connectivity index (χ3v) is 7.88. The maximum Gasteiger partial charge on any atom is 0.397 e. The molecule has 2 amide bonds. The van der Waals surface area contributed by atoms with E-state index >= 15 is 0 Å². The molecule has 42 heavy (non-hydrogen) atoms. The van der Waals surface area contributed by atoms with Gasteiger partial charge in [-0.25, -0.2) is 4.79 Å². The summed E-state index contributed by atoms with van der Waals surface area (Å²) in [5, 5.41) is 0.576. The van der Waals surface area contributed by atoms with E-state index in [2.05, 4.69) is 4.57 Å². The predicted octanol–water partition coefficient (Wildman–Crippen LogP) is 4.32. The fraction of sp³-hybridized carbons (Fsp3) is 0.387. The quantitative estimate of drug-likeness (QED) is 0.296. The Morgan fingerprint density at radius 2 is 1.71 bits per heavy atom. The Morgan fingerprint density at radius 1 is 0.952 bits per heavy atom. The lowest BCUT2D eigenvalue weighted by molar-refractivity contribution is -0.161. The molecule has 0 spiro atoms. The molecule has 2 aliphatic heterocycles. The molecule has 0 N–H and O–H groups in total. The largest absolute Gasteiger partial charge is 0.493 e. The molecular formula is C31H34ClN3O7. The second-order valence-corrected chi connectivity index (χ2v) is 10.5. The van der Waals surface area contributed by atoms with Crippen molar-refractivity contribution < 1.29 is 33.3 Å². The van der Waals surface area contributed by atoms with Gasteiger partial charge in [0.05, 0.1) is 38.3 Å². The molecule has 2 aliphatic rings. The number of hydrogen-bond donors (Lipinski definition) is 0. The normalized spacial score (nSPS) is 18.0. The summed E-state index contributed by atoms with van der Waals surface area (Å²) in [6.45, 7) is 3.04. The minimum atomic E-state index is -0.865. The second kappa shape index (κ2) is 12.9. The van der Waals surface area contributed by atoms with Crippen molar-refractivity contribution in [2.75, 3.05) is 47.0 Å². The number of carbonyl (C=O) groups is 3. The standard InChI is InChI=1S/C31H34ClN3O7/c1-4-41-31(38)30(37)34-17-15-33(16-18-34)27(36)13-12-25-24-8-6-14-35(24)23-11-10-20(32)19-22(23)28(42-25)21-7-5-9-26(39-2)29(21)40-3/h5-11,14,19,25,28H,4,12-13,15-18H2,1-3H3/t25-,28-/m1/s1. The molecule has 0 bridgehead atoms. The Bertz CT molecular complexity index is 1460. The minimum Gasteiger partial charge on any atom is -0.493 e. The maximum absolute atomic E-state index is 13.3. The number of piperazine rings is 1. The summed E-state index contributed by atoms with van der Waals surface area (Å²) in [6, 6.07) is 15.3. The summed E-state index contributed by atoms with van der Waals surface area (Å²) in [5.41, 5.74) is 3.48. The number of hydrogen-bond acceptors (Lipinski definition) is 7. The van der Waals surface area contributed by atoms with E-state index < -0.39 is 24.1 Å². The number of nitrogens with zero attached hydrogens (tertiary/aromatic N) is 3. The fourth-order valence-electron chi connectivity index (χ4n) is 5.61. The van der Waals surface area contributed by atoms with Crippen molar-refractivity contribution in [1.29, 1.82) is 0 Å². The fourth-order valence-corrected chi connectivity index (χ4v) is 5.79. The van der Waals surface area contributed by atoms with E-state index in [4.69, 9.17) is 30.5 Å². The lowest BCUT2D eigenvalue weighted by Crippen LogP contribution is -2.52. The topological polar surface area (TPSA) is 99.5 Å². The lowest BCUT2D eigenvalue weighted by atomic mass is 9.98. The van der Waals surface area contributed by atoms with Crippen LogP contribution >= 0.6 is 11.6 Å². The molecule has 1 fully saturated rings.